The number of nitrogens with zero attached hydrogens (tertiary/aromatic N) is 2. The van der Waals surface area contributed by atoms with Crippen LogP contribution in [0.2, 0.25) is 0 Å². The van der Waals surface area contributed by atoms with E-state index in [1.54, 1.807) is 13.2 Å². The molecule has 0 amide bonds. The second-order valence-corrected chi connectivity index (χ2v) is 13.2. The van der Waals surface area contributed by atoms with E-state index in [0.29, 0.717) is 22.9 Å². The molecule has 1 unspecified atom stereocenters. The molecule has 0 bridgehead atoms. The summed E-state index contributed by atoms with van der Waals surface area (Å²) < 4.78 is 27.2. The van der Waals surface area contributed by atoms with Gasteiger partial charge in [-0.2, -0.15) is 0 Å². The van der Waals surface area contributed by atoms with Gasteiger partial charge in [0, 0.05) is 23.7 Å². The number of carboxylic acids is 1. The van der Waals surface area contributed by atoms with E-state index in [2.05, 4.69) is 40.2 Å². The molecule has 7 rings (SSSR count). The molecule has 2 aliphatic heterocycles. The van der Waals surface area contributed by atoms with Crippen molar-refractivity contribution in [1.82, 2.24) is 9.88 Å². The van der Waals surface area contributed by atoms with Gasteiger partial charge < -0.3 is 14.6 Å². The van der Waals surface area contributed by atoms with Gasteiger partial charge in [-0.05, 0) is 104 Å². The second kappa shape index (κ2) is 11.2. The monoisotopic (exact) mass is 584 g/mol. The van der Waals surface area contributed by atoms with Crippen molar-refractivity contribution in [1.29, 1.82) is 0 Å². The number of hydrogen-bond donors (Lipinski definition) is 1. The number of benzene rings is 2. The number of aliphatic carboxylic acids is 1. The molecule has 2 saturated carbocycles. The lowest BCUT2D eigenvalue weighted by molar-refractivity contribution is -0.142. The quantitative estimate of drug-likeness (QED) is 0.278. The van der Waals surface area contributed by atoms with Crippen LogP contribution in [0.1, 0.15) is 92.6 Å². The van der Waals surface area contributed by atoms with Crippen LogP contribution in [-0.4, -0.2) is 40.2 Å². The molecule has 1 N–H and O–H groups in total. The Bertz CT molecular complexity index is 1530. The Hall–Kier alpha value is -3.45. The summed E-state index contributed by atoms with van der Waals surface area (Å²) >= 11 is 0. The van der Waals surface area contributed by atoms with Gasteiger partial charge in [0.25, 0.3) is 0 Å². The molecule has 43 heavy (non-hydrogen) atoms. The van der Waals surface area contributed by atoms with E-state index in [9.17, 15) is 9.90 Å². The number of hydrogen-bond acceptors (Lipinski definition) is 5. The molecule has 6 nitrogen and oxygen atoms in total. The SMILES string of the molecule is COc1cc(-c2ccc([C@H]3CCc4ccc(C(C5CC5)[C@H](C)C(=O)O)cc4O3)cc2CN2CCCCC23CC3)c(F)cn1. The van der Waals surface area contributed by atoms with E-state index in [1.165, 1.54) is 43.9 Å². The van der Waals surface area contributed by atoms with Crippen LogP contribution < -0.4 is 9.47 Å². The summed E-state index contributed by atoms with van der Waals surface area (Å²) in [6.07, 6.45) is 11.2. The first-order chi connectivity index (χ1) is 20.8. The summed E-state index contributed by atoms with van der Waals surface area (Å²) in [6.45, 7) is 3.67. The van der Waals surface area contributed by atoms with Gasteiger partial charge in [-0.15, -0.1) is 0 Å². The lowest BCUT2D eigenvalue weighted by Gasteiger charge is -2.37. The molecular formula is C36H41FN2O4. The average molecular weight is 585 g/mol. The molecule has 3 atom stereocenters. The molecule has 3 heterocycles. The number of carboxylic acid groups (broad SMARTS) is 1. The topological polar surface area (TPSA) is 71.9 Å². The van der Waals surface area contributed by atoms with Crippen molar-refractivity contribution in [2.75, 3.05) is 13.7 Å². The third-order valence-corrected chi connectivity index (χ3v) is 10.5. The number of ether oxygens (including phenoxy) is 2. The molecular weight excluding hydrogens is 543 g/mol. The maximum atomic E-state index is 15.2. The fraction of sp³-hybridized carbons (Fsp3) is 0.500. The van der Waals surface area contributed by atoms with Gasteiger partial charge >= 0.3 is 5.97 Å². The number of carbonyl (C=O) groups is 1. The maximum Gasteiger partial charge on any atom is 0.306 e. The molecule has 1 spiro atoms. The minimum absolute atomic E-state index is 0.00389. The molecule has 3 fully saturated rings. The predicted octanol–water partition coefficient (Wildman–Crippen LogP) is 7.70. The zero-order chi connectivity index (χ0) is 29.7. The number of fused-ring (bicyclic) bond motifs is 1. The molecule has 3 aromatic rings. The molecule has 7 heteroatoms. The summed E-state index contributed by atoms with van der Waals surface area (Å²) in [6, 6.07) is 14.4. The molecule has 1 aromatic heterocycles. The van der Waals surface area contributed by atoms with Crippen LogP contribution in [-0.2, 0) is 17.8 Å². The van der Waals surface area contributed by atoms with Gasteiger partial charge in [-0.25, -0.2) is 9.37 Å². The zero-order valence-electron chi connectivity index (χ0n) is 25.2. The van der Waals surface area contributed by atoms with Gasteiger partial charge in [0.1, 0.15) is 17.7 Å². The van der Waals surface area contributed by atoms with E-state index < -0.39 is 11.9 Å². The third kappa shape index (κ3) is 5.52. The Labute approximate surface area is 253 Å². The van der Waals surface area contributed by atoms with E-state index in [0.717, 1.165) is 66.8 Å². The molecule has 226 valence electrons. The fourth-order valence-corrected chi connectivity index (χ4v) is 7.67. The Kier molecular flexibility index (Phi) is 7.40. The Morgan fingerprint density at radius 1 is 1.12 bits per heavy atom. The second-order valence-electron chi connectivity index (χ2n) is 13.2. The molecule has 4 aliphatic rings. The van der Waals surface area contributed by atoms with Crippen molar-refractivity contribution in [2.45, 2.75) is 88.8 Å². The first-order valence-electron chi connectivity index (χ1n) is 16.0. The van der Waals surface area contributed by atoms with E-state index in [1.807, 2.05) is 13.0 Å². The fourth-order valence-electron chi connectivity index (χ4n) is 7.67. The van der Waals surface area contributed by atoms with Crippen molar-refractivity contribution in [3.63, 3.8) is 0 Å². The standard InChI is InChI=1S/C36H41FN2O4/c1-22(35(40)41)34(24-6-7-24)26-8-5-23-10-12-31(43-32(23)18-26)25-9-11-28(29-19-33(42-2)38-20-30(29)37)27(17-25)21-39-16-4-3-13-36(39)14-15-36/h5,8-9,11,17-20,22,24,31,34H,3-4,6-7,10,12-16,21H2,1-2H3,(H,40,41)/t22-,31+,34?/m0/s1. The zero-order valence-corrected chi connectivity index (χ0v) is 25.2. The van der Waals surface area contributed by atoms with Gasteiger partial charge in [0.15, 0.2) is 0 Å². The summed E-state index contributed by atoms with van der Waals surface area (Å²) in [5.74, 6) is 0.154. The van der Waals surface area contributed by atoms with Crippen molar-refractivity contribution >= 4 is 5.97 Å². The first-order valence-corrected chi connectivity index (χ1v) is 16.0. The molecule has 2 aromatic carbocycles. The van der Waals surface area contributed by atoms with Gasteiger partial charge in [-0.1, -0.05) is 43.7 Å². The highest BCUT2D eigenvalue weighted by molar-refractivity contribution is 5.71. The van der Waals surface area contributed by atoms with Crippen molar-refractivity contribution in [2.24, 2.45) is 11.8 Å². The van der Waals surface area contributed by atoms with Crippen molar-refractivity contribution in [3.8, 4) is 22.8 Å². The number of methoxy groups -OCH3 is 1. The summed E-state index contributed by atoms with van der Waals surface area (Å²) in [5, 5.41) is 9.78. The number of aromatic nitrogens is 1. The Morgan fingerprint density at radius 3 is 2.70 bits per heavy atom. The summed E-state index contributed by atoms with van der Waals surface area (Å²) in [4.78, 5) is 18.6. The molecule has 0 radical (unpaired) electrons. The van der Waals surface area contributed by atoms with Crippen LogP contribution in [0.5, 0.6) is 11.6 Å². The van der Waals surface area contributed by atoms with Crippen molar-refractivity contribution in [3.05, 3.63) is 76.7 Å². The Balaban J connectivity index is 1.21. The lowest BCUT2D eigenvalue weighted by Crippen LogP contribution is -2.40. The van der Waals surface area contributed by atoms with Gasteiger partial charge in [0.2, 0.25) is 5.88 Å². The normalized spacial score (nSPS) is 22.3. The largest absolute Gasteiger partial charge is 0.485 e. The summed E-state index contributed by atoms with van der Waals surface area (Å²) in [7, 11) is 1.55. The minimum Gasteiger partial charge on any atom is -0.485 e. The highest BCUT2D eigenvalue weighted by Gasteiger charge is 2.48. The minimum atomic E-state index is -0.744. The smallest absolute Gasteiger partial charge is 0.306 e. The van der Waals surface area contributed by atoms with Crippen LogP contribution in [0.4, 0.5) is 4.39 Å². The van der Waals surface area contributed by atoms with Gasteiger partial charge in [-0.3, -0.25) is 9.69 Å². The molecule has 2 aliphatic carbocycles. The highest BCUT2D eigenvalue weighted by Crippen LogP contribution is 2.50. The number of piperidine rings is 1. The lowest BCUT2D eigenvalue weighted by atomic mass is 9.82. The molecule has 1 saturated heterocycles. The number of likely N-dealkylation sites (tertiary alicyclic amines) is 1. The van der Waals surface area contributed by atoms with Crippen LogP contribution in [0.3, 0.4) is 0 Å². The van der Waals surface area contributed by atoms with Crippen LogP contribution in [0.15, 0.2) is 48.7 Å². The van der Waals surface area contributed by atoms with Crippen molar-refractivity contribution < 1.29 is 23.8 Å². The number of aryl methyl sites for hydroxylation is 1. The van der Waals surface area contributed by atoms with Crippen LogP contribution in [0.25, 0.3) is 11.1 Å². The Morgan fingerprint density at radius 2 is 1.95 bits per heavy atom. The highest BCUT2D eigenvalue weighted by atomic mass is 19.1. The van der Waals surface area contributed by atoms with E-state index in [4.69, 9.17) is 9.47 Å². The van der Waals surface area contributed by atoms with Crippen LogP contribution >= 0.6 is 0 Å². The number of pyridine rings is 1. The average Bonchev–Trinajstić information content (AvgIpc) is 3.96. The van der Waals surface area contributed by atoms with Crippen LogP contribution in [0, 0.1) is 17.7 Å². The summed E-state index contributed by atoms with van der Waals surface area (Å²) in [5.41, 5.74) is 6.12. The first kappa shape index (κ1) is 28.3. The van der Waals surface area contributed by atoms with E-state index >= 15 is 4.39 Å². The number of rotatable bonds is 9. The number of halogens is 1. The van der Waals surface area contributed by atoms with Gasteiger partial charge in [0.05, 0.1) is 19.2 Å². The third-order valence-electron chi connectivity index (χ3n) is 10.5. The maximum absolute atomic E-state index is 15.2. The van der Waals surface area contributed by atoms with E-state index in [-0.39, 0.29) is 17.8 Å². The predicted molar refractivity (Wildman–Crippen MR) is 163 cm³/mol.